The highest BCUT2D eigenvalue weighted by Crippen LogP contribution is 2.75. The second kappa shape index (κ2) is 6.59. The Hall–Kier alpha value is -2.40. The molecule has 4 saturated carbocycles. The van der Waals surface area contributed by atoms with Crippen LogP contribution in [-0.4, -0.2) is 30.8 Å². The minimum absolute atomic E-state index is 0.00754. The van der Waals surface area contributed by atoms with Crippen molar-refractivity contribution < 1.29 is 17.8 Å². The number of hydrogen-bond acceptors (Lipinski definition) is 4. The molecule has 1 unspecified atom stereocenters. The first-order valence-corrected chi connectivity index (χ1v) is 12.3. The lowest BCUT2D eigenvalue weighted by Crippen LogP contribution is -2.49. The fraction of sp³-hybridized carbons (Fsp3) is 0.591. The van der Waals surface area contributed by atoms with Gasteiger partial charge in [0, 0.05) is 24.9 Å². The summed E-state index contributed by atoms with van der Waals surface area (Å²) in [5, 5.41) is 0.107. The number of carbonyl (C=O) groups excluding carboxylic acids is 1. The SMILES string of the molecule is CC1(NS(=O)c2ccc3c(c2)c(=O)n(NC(=O)C24CC2C4)c(=O)n3CC2CC(F)(F)C2)CC1. The molecule has 1 amide bonds. The number of rotatable bonds is 7. The van der Waals surface area contributed by atoms with Crippen LogP contribution in [0.2, 0.25) is 0 Å². The van der Waals surface area contributed by atoms with Crippen LogP contribution >= 0.6 is 0 Å². The summed E-state index contributed by atoms with van der Waals surface area (Å²) in [6.45, 7) is 1.97. The molecule has 4 fully saturated rings. The number of alkyl halides is 2. The van der Waals surface area contributed by atoms with Gasteiger partial charge in [-0.25, -0.2) is 22.5 Å². The quantitative estimate of drug-likeness (QED) is 0.634. The van der Waals surface area contributed by atoms with Crippen molar-refractivity contribution in [2.24, 2.45) is 17.3 Å². The number of halogens is 2. The Morgan fingerprint density at radius 1 is 1.18 bits per heavy atom. The highest BCUT2D eigenvalue weighted by Gasteiger charge is 2.74. The molecule has 8 nitrogen and oxygen atoms in total. The number of aromatic nitrogens is 2. The van der Waals surface area contributed by atoms with Crippen molar-refractivity contribution in [2.75, 3.05) is 5.43 Å². The van der Waals surface area contributed by atoms with E-state index in [2.05, 4.69) is 10.1 Å². The summed E-state index contributed by atoms with van der Waals surface area (Å²) in [5.41, 5.74) is 0.601. The monoisotopic (exact) mass is 478 g/mol. The fourth-order valence-electron chi connectivity index (χ4n) is 4.77. The molecule has 1 aromatic heterocycles. The van der Waals surface area contributed by atoms with Crippen LogP contribution in [-0.2, 0) is 22.3 Å². The molecule has 33 heavy (non-hydrogen) atoms. The van der Waals surface area contributed by atoms with Gasteiger partial charge in [0.1, 0.15) is 11.0 Å². The Morgan fingerprint density at radius 3 is 2.42 bits per heavy atom. The maximum atomic E-state index is 13.4. The largest absolute Gasteiger partial charge is 0.350 e. The summed E-state index contributed by atoms with van der Waals surface area (Å²) in [6, 6.07) is 4.56. The molecule has 2 N–H and O–H groups in total. The average Bonchev–Trinajstić information content (AvgIpc) is 3.63. The summed E-state index contributed by atoms with van der Waals surface area (Å²) < 4.78 is 44.6. The van der Waals surface area contributed by atoms with Crippen LogP contribution in [0.4, 0.5) is 8.78 Å². The molecule has 0 aliphatic heterocycles. The molecule has 2 aromatic rings. The van der Waals surface area contributed by atoms with Gasteiger partial charge < -0.3 is 0 Å². The summed E-state index contributed by atoms with van der Waals surface area (Å²) in [7, 11) is -1.56. The van der Waals surface area contributed by atoms with Crippen LogP contribution in [0.5, 0.6) is 0 Å². The lowest BCUT2D eigenvalue weighted by atomic mass is 9.81. The molecule has 0 radical (unpaired) electrons. The van der Waals surface area contributed by atoms with Gasteiger partial charge in [0.05, 0.1) is 21.2 Å². The Labute approximate surface area is 189 Å². The number of carbonyl (C=O) groups is 1. The van der Waals surface area contributed by atoms with Gasteiger partial charge in [0.25, 0.3) is 5.56 Å². The van der Waals surface area contributed by atoms with E-state index >= 15 is 0 Å². The van der Waals surface area contributed by atoms with E-state index in [-0.39, 0.29) is 41.7 Å². The van der Waals surface area contributed by atoms with Gasteiger partial charge in [-0.3, -0.25) is 19.6 Å². The first kappa shape index (κ1) is 21.2. The summed E-state index contributed by atoms with van der Waals surface area (Å²) in [6.07, 6.45) is 2.64. The number of benzene rings is 1. The molecule has 0 saturated heterocycles. The van der Waals surface area contributed by atoms with Crippen LogP contribution in [0.25, 0.3) is 10.9 Å². The molecular formula is C22H24F2N4O4S. The molecule has 1 heterocycles. The standard InChI is InChI=1S/C22H24F2N4O4S/c1-20(4-5-20)26-33(32)14-2-3-16-15(6-14)17(29)28(25-18(30)21-9-13(21)10-21)19(31)27(16)11-12-7-22(23,24)8-12/h2-3,6,12-13,26H,4-5,7-11H2,1H3,(H,25,30). The van der Waals surface area contributed by atoms with E-state index in [1.54, 1.807) is 6.07 Å². The van der Waals surface area contributed by atoms with Gasteiger partial charge in [-0.2, -0.15) is 4.68 Å². The lowest BCUT2D eigenvalue weighted by Gasteiger charge is -2.35. The third kappa shape index (κ3) is 3.47. The average molecular weight is 479 g/mol. The zero-order valence-corrected chi connectivity index (χ0v) is 18.8. The Balaban J connectivity index is 1.42. The molecule has 1 aromatic carbocycles. The highest BCUT2D eigenvalue weighted by atomic mass is 32.2. The molecule has 1 atom stereocenters. The maximum absolute atomic E-state index is 13.4. The van der Waals surface area contributed by atoms with Gasteiger partial charge in [-0.1, -0.05) is 0 Å². The van der Waals surface area contributed by atoms with Crippen LogP contribution < -0.4 is 21.4 Å². The lowest BCUT2D eigenvalue weighted by molar-refractivity contribution is -0.120. The maximum Gasteiger partial charge on any atom is 0.350 e. The number of nitrogens with one attached hydrogen (secondary N) is 2. The zero-order chi connectivity index (χ0) is 23.3. The second-order valence-electron chi connectivity index (χ2n) is 10.5. The fourth-order valence-corrected chi connectivity index (χ4v) is 5.96. The van der Waals surface area contributed by atoms with E-state index in [0.717, 1.165) is 25.7 Å². The molecule has 0 spiro atoms. The summed E-state index contributed by atoms with van der Waals surface area (Å²) in [5.74, 6) is -3.21. The van der Waals surface area contributed by atoms with E-state index in [1.807, 2.05) is 6.92 Å². The van der Waals surface area contributed by atoms with Crippen LogP contribution in [0.1, 0.15) is 45.4 Å². The minimum atomic E-state index is -2.74. The summed E-state index contributed by atoms with van der Waals surface area (Å²) >= 11 is 0. The number of amides is 1. The van der Waals surface area contributed by atoms with Gasteiger partial charge >= 0.3 is 5.69 Å². The van der Waals surface area contributed by atoms with Crippen LogP contribution in [0.3, 0.4) is 0 Å². The summed E-state index contributed by atoms with van der Waals surface area (Å²) in [4.78, 5) is 39.4. The first-order valence-electron chi connectivity index (χ1n) is 11.2. The van der Waals surface area contributed by atoms with E-state index in [4.69, 9.17) is 0 Å². The number of hydrogen-bond donors (Lipinski definition) is 2. The van der Waals surface area contributed by atoms with Crippen LogP contribution in [0, 0.1) is 17.3 Å². The highest BCUT2D eigenvalue weighted by molar-refractivity contribution is 7.83. The van der Waals surface area contributed by atoms with Crippen molar-refractivity contribution in [3.63, 3.8) is 0 Å². The van der Waals surface area contributed by atoms with Crippen molar-refractivity contribution in [1.82, 2.24) is 14.0 Å². The van der Waals surface area contributed by atoms with E-state index in [9.17, 15) is 27.4 Å². The molecule has 6 rings (SSSR count). The van der Waals surface area contributed by atoms with E-state index < -0.39 is 39.5 Å². The molecule has 0 bridgehead atoms. The van der Waals surface area contributed by atoms with E-state index in [1.165, 1.54) is 16.7 Å². The second-order valence-corrected chi connectivity index (χ2v) is 11.7. The molecule has 11 heteroatoms. The van der Waals surface area contributed by atoms with Gasteiger partial charge in [0.15, 0.2) is 0 Å². The van der Waals surface area contributed by atoms with Gasteiger partial charge in [0.2, 0.25) is 11.8 Å². The molecular weight excluding hydrogens is 454 g/mol. The van der Waals surface area contributed by atoms with E-state index in [0.29, 0.717) is 15.5 Å². The van der Waals surface area contributed by atoms with Crippen molar-refractivity contribution in [1.29, 1.82) is 0 Å². The number of fused-ring (bicyclic) bond motifs is 2. The minimum Gasteiger partial charge on any atom is -0.291 e. The predicted octanol–water partition coefficient (Wildman–Crippen LogP) is 1.85. The molecule has 4 aliphatic rings. The van der Waals surface area contributed by atoms with Crippen LogP contribution in [0.15, 0.2) is 32.7 Å². The third-order valence-corrected chi connectivity index (χ3v) is 8.99. The Bertz CT molecular complexity index is 1350. The zero-order valence-electron chi connectivity index (χ0n) is 18.0. The number of nitrogens with zero attached hydrogens (tertiary/aromatic N) is 2. The Morgan fingerprint density at radius 2 is 1.85 bits per heavy atom. The predicted molar refractivity (Wildman–Crippen MR) is 117 cm³/mol. The van der Waals surface area contributed by atoms with Crippen molar-refractivity contribution in [3.05, 3.63) is 39.0 Å². The topological polar surface area (TPSA) is 102 Å². The molecule has 4 aliphatic carbocycles. The van der Waals surface area contributed by atoms with Gasteiger partial charge in [-0.05, 0) is 62.6 Å². The van der Waals surface area contributed by atoms with Crippen molar-refractivity contribution >= 4 is 27.8 Å². The van der Waals surface area contributed by atoms with Crippen molar-refractivity contribution in [3.8, 4) is 0 Å². The Kier molecular flexibility index (Phi) is 4.23. The molecule has 176 valence electrons. The normalized spacial score (nSPS) is 29.1. The smallest absolute Gasteiger partial charge is 0.291 e. The first-order chi connectivity index (χ1) is 15.5. The third-order valence-electron chi connectivity index (χ3n) is 7.63. The van der Waals surface area contributed by atoms with Gasteiger partial charge in [-0.15, -0.1) is 0 Å². The van der Waals surface area contributed by atoms with Crippen molar-refractivity contribution in [2.45, 2.75) is 68.4 Å².